The summed E-state index contributed by atoms with van der Waals surface area (Å²) in [5, 5.41) is 18.0. The Labute approximate surface area is 173 Å². The predicted molar refractivity (Wildman–Crippen MR) is 113 cm³/mol. The second-order valence-electron chi connectivity index (χ2n) is 7.05. The zero-order valence-electron chi connectivity index (χ0n) is 16.1. The van der Waals surface area contributed by atoms with Gasteiger partial charge in [0.15, 0.2) is 5.82 Å². The number of aromatic nitrogens is 3. The minimum atomic E-state index is -0.159. The van der Waals surface area contributed by atoms with Crippen molar-refractivity contribution in [3.05, 3.63) is 52.5 Å². The van der Waals surface area contributed by atoms with Crippen LogP contribution in [0.1, 0.15) is 41.9 Å². The third-order valence-electron chi connectivity index (χ3n) is 4.94. The van der Waals surface area contributed by atoms with Crippen LogP contribution in [0.3, 0.4) is 0 Å². The maximum absolute atomic E-state index is 12.3. The maximum atomic E-state index is 12.3. The maximum Gasteiger partial charge on any atom is 0.252 e. The summed E-state index contributed by atoms with van der Waals surface area (Å²) in [6, 6.07) is 9.42. The third-order valence-corrected chi connectivity index (χ3v) is 5.62. The fourth-order valence-electron chi connectivity index (χ4n) is 3.44. The number of anilines is 1. The number of nitrogens with one attached hydrogen (secondary N) is 2. The molecule has 4 rings (SSSR count). The van der Waals surface area contributed by atoms with Gasteiger partial charge in [0, 0.05) is 48.1 Å². The van der Waals surface area contributed by atoms with Crippen LogP contribution in [0, 0.1) is 0 Å². The number of aryl methyl sites for hydroxylation is 1. The van der Waals surface area contributed by atoms with Crippen LogP contribution in [0.2, 0.25) is 0 Å². The van der Waals surface area contributed by atoms with E-state index >= 15 is 0 Å². The normalized spacial score (nSPS) is 13.4. The van der Waals surface area contributed by atoms with E-state index in [0.717, 1.165) is 43.0 Å². The van der Waals surface area contributed by atoms with E-state index in [9.17, 15) is 9.59 Å². The monoisotopic (exact) mass is 409 g/mol. The Hall–Kier alpha value is -3.00. The van der Waals surface area contributed by atoms with Crippen LogP contribution in [0.15, 0.2) is 41.1 Å². The number of hydrogen-bond donors (Lipinski definition) is 2. The molecule has 2 aromatic heterocycles. The van der Waals surface area contributed by atoms with Gasteiger partial charge in [0.2, 0.25) is 5.91 Å². The average molecular weight is 410 g/mol. The van der Waals surface area contributed by atoms with Gasteiger partial charge < -0.3 is 15.2 Å². The lowest BCUT2D eigenvalue weighted by Gasteiger charge is -2.10. The molecule has 1 aromatic carbocycles. The van der Waals surface area contributed by atoms with Crippen LogP contribution in [0.5, 0.6) is 0 Å². The van der Waals surface area contributed by atoms with Crippen LogP contribution in [0.4, 0.5) is 5.69 Å². The number of hydrogen-bond acceptors (Lipinski definition) is 5. The van der Waals surface area contributed by atoms with Gasteiger partial charge in [-0.3, -0.25) is 9.59 Å². The first-order valence-electron chi connectivity index (χ1n) is 9.83. The summed E-state index contributed by atoms with van der Waals surface area (Å²) < 4.78 is 2.19. The summed E-state index contributed by atoms with van der Waals surface area (Å²) in [4.78, 5) is 24.2. The van der Waals surface area contributed by atoms with Gasteiger partial charge in [-0.1, -0.05) is 18.6 Å². The Morgan fingerprint density at radius 1 is 1.14 bits per heavy atom. The molecule has 1 aliphatic rings. The number of amides is 2. The van der Waals surface area contributed by atoms with E-state index in [1.165, 1.54) is 17.8 Å². The molecule has 3 aromatic rings. The summed E-state index contributed by atoms with van der Waals surface area (Å²) in [7, 11) is 0. The first kappa shape index (κ1) is 19.3. The highest BCUT2D eigenvalue weighted by Crippen LogP contribution is 2.24. The molecule has 29 heavy (non-hydrogen) atoms. The van der Waals surface area contributed by atoms with Crippen molar-refractivity contribution < 1.29 is 9.59 Å². The highest BCUT2D eigenvalue weighted by atomic mass is 32.1. The molecule has 0 spiro atoms. The largest absolute Gasteiger partial charge is 0.351 e. The van der Waals surface area contributed by atoms with E-state index in [-0.39, 0.29) is 24.8 Å². The lowest BCUT2D eigenvalue weighted by atomic mass is 10.2. The molecule has 0 atom stereocenters. The Bertz CT molecular complexity index is 996. The molecule has 0 saturated carbocycles. The molecule has 3 heterocycles. The second kappa shape index (κ2) is 9.00. The van der Waals surface area contributed by atoms with Crippen LogP contribution in [0.25, 0.3) is 11.4 Å². The number of benzene rings is 1. The fraction of sp³-hybridized carbons (Fsp3) is 0.333. The van der Waals surface area contributed by atoms with Crippen molar-refractivity contribution in [3.8, 4) is 11.4 Å². The quantitative estimate of drug-likeness (QED) is 0.652. The summed E-state index contributed by atoms with van der Waals surface area (Å²) in [5.74, 6) is 1.58. The van der Waals surface area contributed by atoms with Crippen molar-refractivity contribution in [1.29, 1.82) is 0 Å². The summed E-state index contributed by atoms with van der Waals surface area (Å²) in [6.07, 6.45) is 4.66. The van der Waals surface area contributed by atoms with Crippen molar-refractivity contribution in [2.75, 3.05) is 11.9 Å². The van der Waals surface area contributed by atoms with Gasteiger partial charge in [0.05, 0.1) is 0 Å². The van der Waals surface area contributed by atoms with Crippen LogP contribution >= 0.6 is 11.3 Å². The molecule has 0 bridgehead atoms. The van der Waals surface area contributed by atoms with E-state index in [4.69, 9.17) is 0 Å². The Kier molecular flexibility index (Phi) is 6.00. The highest BCUT2D eigenvalue weighted by molar-refractivity contribution is 7.08. The Morgan fingerprint density at radius 2 is 2.07 bits per heavy atom. The van der Waals surface area contributed by atoms with Crippen molar-refractivity contribution in [2.45, 2.75) is 38.6 Å². The van der Waals surface area contributed by atoms with Gasteiger partial charge >= 0.3 is 0 Å². The smallest absolute Gasteiger partial charge is 0.252 e. The molecule has 150 valence electrons. The first-order valence-corrected chi connectivity index (χ1v) is 10.8. The number of carbonyl (C=O) groups excluding carboxylic acids is 2. The lowest BCUT2D eigenvalue weighted by Crippen LogP contribution is -2.27. The van der Waals surface area contributed by atoms with E-state index in [1.54, 1.807) is 11.4 Å². The summed E-state index contributed by atoms with van der Waals surface area (Å²) in [6.45, 7) is 1.22. The standard InChI is InChI=1S/C21H23N5O2S/c27-19(8-10-22-21(28)16-9-12-29-14-16)23-17-6-4-5-15(13-17)20-25-24-18-7-2-1-3-11-26(18)20/h4-6,9,12-14H,1-3,7-8,10-11H2,(H,22,28)(H,23,27). The lowest BCUT2D eigenvalue weighted by molar-refractivity contribution is -0.116. The molecule has 0 radical (unpaired) electrons. The second-order valence-corrected chi connectivity index (χ2v) is 7.83. The van der Waals surface area contributed by atoms with E-state index in [2.05, 4.69) is 25.4 Å². The summed E-state index contributed by atoms with van der Waals surface area (Å²) >= 11 is 1.47. The molecule has 0 saturated heterocycles. The van der Waals surface area contributed by atoms with Crippen LogP contribution in [-0.4, -0.2) is 33.1 Å². The van der Waals surface area contributed by atoms with E-state index < -0.39 is 0 Å². The number of thiophene rings is 1. The Morgan fingerprint density at radius 3 is 2.93 bits per heavy atom. The highest BCUT2D eigenvalue weighted by Gasteiger charge is 2.16. The molecule has 2 N–H and O–H groups in total. The van der Waals surface area contributed by atoms with Crippen LogP contribution < -0.4 is 10.6 Å². The zero-order chi connectivity index (χ0) is 20.1. The van der Waals surface area contributed by atoms with E-state index in [0.29, 0.717) is 11.3 Å². The van der Waals surface area contributed by atoms with Crippen molar-refractivity contribution in [2.24, 2.45) is 0 Å². The molecule has 1 aliphatic heterocycles. The average Bonchev–Trinajstić information content (AvgIpc) is 3.34. The van der Waals surface area contributed by atoms with Crippen molar-refractivity contribution in [1.82, 2.24) is 20.1 Å². The summed E-state index contributed by atoms with van der Waals surface area (Å²) in [5.41, 5.74) is 2.27. The molecule has 7 nitrogen and oxygen atoms in total. The van der Waals surface area contributed by atoms with Gasteiger partial charge in [-0.05, 0) is 36.4 Å². The van der Waals surface area contributed by atoms with Gasteiger partial charge in [0.25, 0.3) is 5.91 Å². The molecular formula is C21H23N5O2S. The van der Waals surface area contributed by atoms with Gasteiger partial charge in [-0.2, -0.15) is 11.3 Å². The minimum Gasteiger partial charge on any atom is -0.351 e. The molecular weight excluding hydrogens is 386 g/mol. The molecule has 0 unspecified atom stereocenters. The molecule has 0 aliphatic carbocycles. The minimum absolute atomic E-state index is 0.146. The number of nitrogens with zero attached hydrogens (tertiary/aromatic N) is 3. The van der Waals surface area contributed by atoms with Gasteiger partial charge in [0.1, 0.15) is 5.82 Å². The topological polar surface area (TPSA) is 88.9 Å². The van der Waals surface area contributed by atoms with E-state index in [1.807, 2.05) is 29.6 Å². The fourth-order valence-corrected chi connectivity index (χ4v) is 4.08. The molecule has 0 fully saturated rings. The molecule has 2 amide bonds. The Balaban J connectivity index is 1.36. The van der Waals surface area contributed by atoms with Gasteiger partial charge in [-0.15, -0.1) is 10.2 Å². The van der Waals surface area contributed by atoms with Crippen molar-refractivity contribution in [3.63, 3.8) is 0 Å². The third kappa shape index (κ3) is 4.71. The number of rotatable bonds is 6. The predicted octanol–water partition coefficient (Wildman–Crippen LogP) is 3.49. The van der Waals surface area contributed by atoms with Gasteiger partial charge in [-0.25, -0.2) is 0 Å². The molecule has 8 heteroatoms. The SMILES string of the molecule is O=C(CCNC(=O)c1ccsc1)Nc1cccc(-c2nnc3n2CCCCC3)c1. The number of carbonyl (C=O) groups is 2. The van der Waals surface area contributed by atoms with Crippen LogP contribution in [-0.2, 0) is 17.8 Å². The zero-order valence-corrected chi connectivity index (χ0v) is 16.9. The number of fused-ring (bicyclic) bond motifs is 1. The first-order chi connectivity index (χ1) is 14.2. The van der Waals surface area contributed by atoms with Crippen molar-refractivity contribution >= 4 is 28.8 Å².